The number of para-hydroxylation sites is 1. The first-order chi connectivity index (χ1) is 14.0. The summed E-state index contributed by atoms with van der Waals surface area (Å²) in [5, 5.41) is 9.45. The van der Waals surface area contributed by atoms with Crippen molar-refractivity contribution in [3.05, 3.63) is 65.4 Å². The van der Waals surface area contributed by atoms with Crippen LogP contribution in [0.1, 0.15) is 19.7 Å². The van der Waals surface area contributed by atoms with Crippen molar-refractivity contribution >= 4 is 35.0 Å². The van der Waals surface area contributed by atoms with Crippen molar-refractivity contribution in [1.82, 2.24) is 14.8 Å². The SMILES string of the molecule is CCN(C(=O)C(C)Sc1nnc(COc2ccc(Cl)cc2)n1C)c1ccccc1. The molecule has 3 rings (SSSR count). The van der Waals surface area contributed by atoms with E-state index in [1.807, 2.05) is 55.8 Å². The molecule has 0 aliphatic carbocycles. The predicted octanol–water partition coefficient (Wildman–Crippen LogP) is 4.58. The summed E-state index contributed by atoms with van der Waals surface area (Å²) in [4.78, 5) is 14.7. The molecule has 8 heteroatoms. The van der Waals surface area contributed by atoms with E-state index in [0.29, 0.717) is 28.3 Å². The van der Waals surface area contributed by atoms with Gasteiger partial charge in [-0.2, -0.15) is 0 Å². The van der Waals surface area contributed by atoms with Gasteiger partial charge in [-0.3, -0.25) is 4.79 Å². The molecular formula is C21H23ClN4O2S. The van der Waals surface area contributed by atoms with Crippen LogP contribution in [0, 0.1) is 0 Å². The number of amides is 1. The molecule has 152 valence electrons. The van der Waals surface area contributed by atoms with Crippen LogP contribution in [0.5, 0.6) is 5.75 Å². The first kappa shape index (κ1) is 21.2. The molecule has 1 amide bonds. The summed E-state index contributed by atoms with van der Waals surface area (Å²) >= 11 is 7.27. The van der Waals surface area contributed by atoms with E-state index in [1.54, 1.807) is 29.2 Å². The zero-order chi connectivity index (χ0) is 20.8. The van der Waals surface area contributed by atoms with E-state index >= 15 is 0 Å². The van der Waals surface area contributed by atoms with Gasteiger partial charge in [0, 0.05) is 24.3 Å². The van der Waals surface area contributed by atoms with Gasteiger partial charge in [0.15, 0.2) is 11.0 Å². The highest BCUT2D eigenvalue weighted by atomic mass is 35.5. The Balaban J connectivity index is 1.64. The van der Waals surface area contributed by atoms with Gasteiger partial charge in [0.2, 0.25) is 5.91 Å². The maximum absolute atomic E-state index is 12.9. The van der Waals surface area contributed by atoms with Gasteiger partial charge < -0.3 is 14.2 Å². The van der Waals surface area contributed by atoms with Gasteiger partial charge in [0.05, 0.1) is 5.25 Å². The molecule has 0 fully saturated rings. The number of hydrogen-bond acceptors (Lipinski definition) is 5. The topological polar surface area (TPSA) is 60.3 Å². The molecule has 1 aromatic heterocycles. The second-order valence-corrected chi connectivity index (χ2v) is 8.12. The van der Waals surface area contributed by atoms with E-state index < -0.39 is 0 Å². The van der Waals surface area contributed by atoms with Crippen molar-refractivity contribution in [2.45, 2.75) is 30.9 Å². The first-order valence-corrected chi connectivity index (χ1v) is 10.5. The molecule has 0 radical (unpaired) electrons. The fourth-order valence-electron chi connectivity index (χ4n) is 2.75. The van der Waals surface area contributed by atoms with Crippen LogP contribution in [-0.4, -0.2) is 32.5 Å². The number of ether oxygens (including phenoxy) is 1. The van der Waals surface area contributed by atoms with E-state index in [0.717, 1.165) is 5.69 Å². The Morgan fingerprint density at radius 2 is 1.86 bits per heavy atom. The molecule has 0 aliphatic rings. The highest BCUT2D eigenvalue weighted by Crippen LogP contribution is 2.25. The number of hydrogen-bond donors (Lipinski definition) is 0. The minimum atomic E-state index is -0.303. The molecule has 0 bridgehead atoms. The van der Waals surface area contributed by atoms with Crippen LogP contribution in [0.2, 0.25) is 5.02 Å². The second-order valence-electron chi connectivity index (χ2n) is 6.38. The largest absolute Gasteiger partial charge is 0.486 e. The first-order valence-electron chi connectivity index (χ1n) is 9.29. The number of thioether (sulfide) groups is 1. The predicted molar refractivity (Wildman–Crippen MR) is 117 cm³/mol. The summed E-state index contributed by atoms with van der Waals surface area (Å²) in [5.74, 6) is 1.42. The maximum Gasteiger partial charge on any atom is 0.240 e. The molecule has 6 nitrogen and oxygen atoms in total. The molecule has 0 saturated heterocycles. The number of aromatic nitrogens is 3. The summed E-state index contributed by atoms with van der Waals surface area (Å²) < 4.78 is 7.59. The third-order valence-electron chi connectivity index (χ3n) is 4.39. The lowest BCUT2D eigenvalue weighted by atomic mass is 10.2. The fraction of sp³-hybridized carbons (Fsp3) is 0.286. The minimum Gasteiger partial charge on any atom is -0.486 e. The smallest absolute Gasteiger partial charge is 0.240 e. The molecule has 0 saturated carbocycles. The van der Waals surface area contributed by atoms with E-state index in [1.165, 1.54) is 11.8 Å². The summed E-state index contributed by atoms with van der Waals surface area (Å²) in [6.45, 7) is 4.74. The lowest BCUT2D eigenvalue weighted by Gasteiger charge is -2.24. The van der Waals surface area contributed by atoms with Crippen molar-refractivity contribution in [2.24, 2.45) is 7.05 Å². The van der Waals surface area contributed by atoms with Crippen LogP contribution >= 0.6 is 23.4 Å². The third-order valence-corrected chi connectivity index (χ3v) is 5.76. The molecule has 1 atom stereocenters. The van der Waals surface area contributed by atoms with Gasteiger partial charge in [-0.15, -0.1) is 10.2 Å². The molecule has 1 unspecified atom stereocenters. The Morgan fingerprint density at radius 1 is 1.17 bits per heavy atom. The number of carbonyl (C=O) groups is 1. The van der Waals surface area contributed by atoms with Gasteiger partial charge in [-0.1, -0.05) is 41.6 Å². The average Bonchev–Trinajstić information content (AvgIpc) is 3.08. The lowest BCUT2D eigenvalue weighted by molar-refractivity contribution is -0.117. The normalized spacial score (nSPS) is 11.9. The molecular weight excluding hydrogens is 408 g/mol. The van der Waals surface area contributed by atoms with Gasteiger partial charge in [0.25, 0.3) is 0 Å². The van der Waals surface area contributed by atoms with Gasteiger partial charge in [-0.25, -0.2) is 0 Å². The van der Waals surface area contributed by atoms with Crippen molar-refractivity contribution < 1.29 is 9.53 Å². The third kappa shape index (κ3) is 5.31. The van der Waals surface area contributed by atoms with Crippen molar-refractivity contribution in [1.29, 1.82) is 0 Å². The molecule has 0 aliphatic heterocycles. The molecule has 2 aromatic carbocycles. The second kappa shape index (κ2) is 9.80. The summed E-state index contributed by atoms with van der Waals surface area (Å²) in [5.41, 5.74) is 0.891. The number of benzene rings is 2. The molecule has 3 aromatic rings. The molecule has 1 heterocycles. The Kier molecular flexibility index (Phi) is 7.17. The average molecular weight is 431 g/mol. The monoisotopic (exact) mass is 430 g/mol. The van der Waals surface area contributed by atoms with Crippen molar-refractivity contribution in [3.63, 3.8) is 0 Å². The standard InChI is InChI=1S/C21H23ClN4O2S/c1-4-26(17-8-6-5-7-9-17)20(27)15(2)29-21-24-23-19(25(21)3)14-28-18-12-10-16(22)11-13-18/h5-13,15H,4,14H2,1-3H3. The van der Waals surface area contributed by atoms with Crippen molar-refractivity contribution in [2.75, 3.05) is 11.4 Å². The Bertz CT molecular complexity index is 947. The van der Waals surface area contributed by atoms with E-state index in [-0.39, 0.29) is 17.8 Å². The van der Waals surface area contributed by atoms with Crippen LogP contribution in [0.3, 0.4) is 0 Å². The summed E-state index contributed by atoms with van der Waals surface area (Å²) in [6, 6.07) is 16.8. The lowest BCUT2D eigenvalue weighted by Crippen LogP contribution is -2.36. The molecule has 29 heavy (non-hydrogen) atoms. The van der Waals surface area contributed by atoms with Crippen LogP contribution in [-0.2, 0) is 18.4 Å². The summed E-state index contributed by atoms with van der Waals surface area (Å²) in [7, 11) is 1.87. The quantitative estimate of drug-likeness (QED) is 0.489. The summed E-state index contributed by atoms with van der Waals surface area (Å²) in [6.07, 6.45) is 0. The zero-order valence-corrected chi connectivity index (χ0v) is 18.2. The Labute approximate surface area is 179 Å². The van der Waals surface area contributed by atoms with E-state index in [9.17, 15) is 4.79 Å². The number of anilines is 1. The molecule has 0 spiro atoms. The Morgan fingerprint density at radius 3 is 2.52 bits per heavy atom. The minimum absolute atomic E-state index is 0.0330. The van der Waals surface area contributed by atoms with E-state index in [4.69, 9.17) is 16.3 Å². The van der Waals surface area contributed by atoms with Gasteiger partial charge in [-0.05, 0) is 50.2 Å². The van der Waals surface area contributed by atoms with Gasteiger partial charge in [0.1, 0.15) is 12.4 Å². The van der Waals surface area contributed by atoms with Crippen LogP contribution in [0.15, 0.2) is 59.8 Å². The zero-order valence-electron chi connectivity index (χ0n) is 16.6. The highest BCUT2D eigenvalue weighted by molar-refractivity contribution is 8.00. The van der Waals surface area contributed by atoms with Crippen LogP contribution < -0.4 is 9.64 Å². The number of carbonyl (C=O) groups excluding carboxylic acids is 1. The highest BCUT2D eigenvalue weighted by Gasteiger charge is 2.24. The molecule has 0 N–H and O–H groups in total. The fourth-order valence-corrected chi connectivity index (χ4v) is 3.78. The van der Waals surface area contributed by atoms with E-state index in [2.05, 4.69) is 10.2 Å². The van der Waals surface area contributed by atoms with Crippen LogP contribution in [0.4, 0.5) is 5.69 Å². The van der Waals surface area contributed by atoms with Gasteiger partial charge >= 0.3 is 0 Å². The number of nitrogens with zero attached hydrogens (tertiary/aromatic N) is 4. The maximum atomic E-state index is 12.9. The van der Waals surface area contributed by atoms with Crippen molar-refractivity contribution in [3.8, 4) is 5.75 Å². The number of rotatable bonds is 8. The van der Waals surface area contributed by atoms with Crippen LogP contribution in [0.25, 0.3) is 0 Å². The number of halogens is 1. The Hall–Kier alpha value is -2.51.